The summed E-state index contributed by atoms with van der Waals surface area (Å²) in [7, 11) is 0. The third-order valence-electron chi connectivity index (χ3n) is 6.44. The van der Waals surface area contributed by atoms with Gasteiger partial charge in [0, 0.05) is 55.2 Å². The first kappa shape index (κ1) is 25.1. The Morgan fingerprint density at radius 1 is 1.24 bits per heavy atom. The van der Waals surface area contributed by atoms with E-state index < -0.39 is 17.6 Å². The van der Waals surface area contributed by atoms with E-state index in [1.54, 1.807) is 6.92 Å². The number of rotatable bonds is 6. The Kier molecular flexibility index (Phi) is 7.72. The monoisotopic (exact) mass is 467 g/mol. The number of anilines is 1. The molecule has 0 spiro atoms. The molecule has 2 amide bonds. The normalized spacial score (nSPS) is 20.0. The highest BCUT2D eigenvalue weighted by molar-refractivity contribution is 6.00. The van der Waals surface area contributed by atoms with Gasteiger partial charge >= 0.3 is 6.18 Å². The highest BCUT2D eigenvalue weighted by Gasteiger charge is 2.34. The van der Waals surface area contributed by atoms with Gasteiger partial charge in [0.1, 0.15) is 0 Å². The molecule has 1 aromatic rings. The molecule has 2 aliphatic rings. The highest BCUT2D eigenvalue weighted by Crippen LogP contribution is 2.37. The quantitative estimate of drug-likeness (QED) is 0.664. The van der Waals surface area contributed by atoms with Gasteiger partial charge in [0.05, 0.1) is 5.56 Å². The number of halogens is 3. The predicted octanol–water partition coefficient (Wildman–Crippen LogP) is 3.97. The molecular weight excluding hydrogens is 435 g/mol. The zero-order chi connectivity index (χ0) is 24.3. The molecule has 1 unspecified atom stereocenters. The summed E-state index contributed by atoms with van der Waals surface area (Å²) in [6, 6.07) is 2.09. The van der Waals surface area contributed by atoms with E-state index in [-0.39, 0.29) is 30.1 Å². The average molecular weight is 468 g/mol. The molecule has 0 aromatic heterocycles. The number of nitrogens with one attached hydrogen (secondary N) is 2. The largest absolute Gasteiger partial charge is 0.416 e. The first-order valence-electron chi connectivity index (χ1n) is 11.4. The smallest absolute Gasteiger partial charge is 0.381 e. The molecule has 0 bridgehead atoms. The van der Waals surface area contributed by atoms with Crippen molar-refractivity contribution in [3.05, 3.63) is 40.0 Å². The topological polar surface area (TPSA) is 70.7 Å². The maximum Gasteiger partial charge on any atom is 0.416 e. The van der Waals surface area contributed by atoms with Crippen LogP contribution in [0.3, 0.4) is 0 Å². The Balaban J connectivity index is 1.93. The molecule has 3 rings (SSSR count). The second-order valence-electron chi connectivity index (χ2n) is 8.82. The Bertz CT molecular complexity index is 937. The van der Waals surface area contributed by atoms with Gasteiger partial charge < -0.3 is 20.3 Å². The van der Waals surface area contributed by atoms with E-state index in [9.17, 15) is 22.8 Å². The Morgan fingerprint density at radius 2 is 1.91 bits per heavy atom. The van der Waals surface area contributed by atoms with E-state index in [2.05, 4.69) is 10.6 Å². The molecule has 2 heterocycles. The van der Waals surface area contributed by atoms with Crippen molar-refractivity contribution in [3.63, 3.8) is 0 Å². The Hall–Kier alpha value is -2.55. The van der Waals surface area contributed by atoms with Crippen molar-refractivity contribution in [2.45, 2.75) is 65.2 Å². The first-order chi connectivity index (χ1) is 15.5. The minimum absolute atomic E-state index is 0.00966. The van der Waals surface area contributed by atoms with Crippen molar-refractivity contribution in [1.82, 2.24) is 10.6 Å². The van der Waals surface area contributed by atoms with Gasteiger partial charge in [0.2, 0.25) is 5.91 Å². The molecule has 6 nitrogen and oxygen atoms in total. The first-order valence-corrected chi connectivity index (χ1v) is 11.4. The lowest BCUT2D eigenvalue weighted by molar-refractivity contribution is -0.137. The zero-order valence-electron chi connectivity index (χ0n) is 19.6. The summed E-state index contributed by atoms with van der Waals surface area (Å²) in [6.07, 6.45) is -2.50. The summed E-state index contributed by atoms with van der Waals surface area (Å²) in [6.45, 7) is 8.88. The van der Waals surface area contributed by atoms with Crippen molar-refractivity contribution < 1.29 is 27.5 Å². The minimum Gasteiger partial charge on any atom is -0.381 e. The number of hydrogen-bond acceptors (Lipinski definition) is 4. The zero-order valence-corrected chi connectivity index (χ0v) is 19.6. The van der Waals surface area contributed by atoms with Gasteiger partial charge in [0.15, 0.2) is 0 Å². The Morgan fingerprint density at radius 3 is 2.48 bits per heavy atom. The van der Waals surface area contributed by atoms with Gasteiger partial charge in [-0.05, 0) is 64.7 Å². The van der Waals surface area contributed by atoms with Gasteiger partial charge in [-0.1, -0.05) is 5.57 Å². The molecule has 0 saturated carbocycles. The van der Waals surface area contributed by atoms with Gasteiger partial charge in [-0.25, -0.2) is 0 Å². The molecule has 2 aliphatic heterocycles. The lowest BCUT2D eigenvalue weighted by atomic mass is 9.96. The maximum absolute atomic E-state index is 13.7. The number of amides is 2. The molecular formula is C24H32F3N3O3. The summed E-state index contributed by atoms with van der Waals surface area (Å²) in [4.78, 5) is 27.3. The molecule has 9 heteroatoms. The van der Waals surface area contributed by atoms with Crippen LogP contribution in [0.25, 0.3) is 0 Å². The molecule has 33 heavy (non-hydrogen) atoms. The van der Waals surface area contributed by atoms with Crippen LogP contribution in [0, 0.1) is 6.92 Å². The lowest BCUT2D eigenvalue weighted by Crippen LogP contribution is -2.42. The molecule has 2 N–H and O–H groups in total. The van der Waals surface area contributed by atoms with Crippen LogP contribution in [-0.4, -0.2) is 50.2 Å². The fourth-order valence-electron chi connectivity index (χ4n) is 4.65. The fourth-order valence-corrected chi connectivity index (χ4v) is 4.65. The van der Waals surface area contributed by atoms with Crippen LogP contribution in [0.4, 0.5) is 18.9 Å². The van der Waals surface area contributed by atoms with E-state index in [1.807, 2.05) is 25.7 Å². The van der Waals surface area contributed by atoms with E-state index in [4.69, 9.17) is 4.74 Å². The second-order valence-corrected chi connectivity index (χ2v) is 8.82. The number of ether oxygens (including phenoxy) is 1. The number of alkyl halides is 3. The fraction of sp³-hybridized carbons (Fsp3) is 0.583. The summed E-state index contributed by atoms with van der Waals surface area (Å²) in [5.74, 6) is -0.890. The number of nitrogens with zero attached hydrogens (tertiary/aromatic N) is 1. The van der Waals surface area contributed by atoms with E-state index in [0.717, 1.165) is 17.7 Å². The summed E-state index contributed by atoms with van der Waals surface area (Å²) >= 11 is 0. The van der Waals surface area contributed by atoms with Crippen LogP contribution in [0.2, 0.25) is 0 Å². The van der Waals surface area contributed by atoms with Gasteiger partial charge in [-0.2, -0.15) is 13.2 Å². The second kappa shape index (κ2) is 10.2. The third kappa shape index (κ3) is 5.69. The van der Waals surface area contributed by atoms with Gasteiger partial charge in [-0.15, -0.1) is 0 Å². The standard InChI is InChI=1S/C24H32F3N3O3/c1-5-30(18-6-8-33-9-7-18)21-12-17(24(25,26)27)11-19(16(21)4)22(31)28-13-20-14(2)10-15(3)29-23(20)32/h11-12,15,18H,5-10,13H2,1-4H3,(H,28,31)(H,29,32). The van der Waals surface area contributed by atoms with E-state index in [0.29, 0.717) is 55.8 Å². The number of carbonyl (C=O) groups excluding carboxylic acids is 2. The van der Waals surface area contributed by atoms with Crippen LogP contribution < -0.4 is 15.5 Å². The number of hydrogen-bond donors (Lipinski definition) is 2. The third-order valence-corrected chi connectivity index (χ3v) is 6.44. The SMILES string of the molecule is CCN(c1cc(C(F)(F)F)cc(C(=O)NCC2=C(C)CC(C)NC2=O)c1C)C1CCOCC1. The van der Waals surface area contributed by atoms with Gasteiger partial charge in [0.25, 0.3) is 5.91 Å². The number of carbonyl (C=O) groups is 2. The Labute approximate surface area is 192 Å². The molecule has 1 fully saturated rings. The molecule has 0 aliphatic carbocycles. The van der Waals surface area contributed by atoms with Crippen LogP contribution >= 0.6 is 0 Å². The van der Waals surface area contributed by atoms with Crippen molar-refractivity contribution in [1.29, 1.82) is 0 Å². The molecule has 1 atom stereocenters. The summed E-state index contributed by atoms with van der Waals surface area (Å²) < 4.78 is 46.6. The maximum atomic E-state index is 13.7. The molecule has 182 valence electrons. The molecule has 1 saturated heterocycles. The van der Waals surface area contributed by atoms with Crippen molar-refractivity contribution >= 4 is 17.5 Å². The number of benzene rings is 1. The van der Waals surface area contributed by atoms with Crippen LogP contribution in [0.15, 0.2) is 23.3 Å². The highest BCUT2D eigenvalue weighted by atomic mass is 19.4. The van der Waals surface area contributed by atoms with Crippen LogP contribution in [-0.2, 0) is 15.7 Å². The van der Waals surface area contributed by atoms with Crippen molar-refractivity contribution in [2.75, 3.05) is 31.2 Å². The van der Waals surface area contributed by atoms with Crippen LogP contribution in [0.1, 0.15) is 61.5 Å². The van der Waals surface area contributed by atoms with Gasteiger partial charge in [-0.3, -0.25) is 9.59 Å². The summed E-state index contributed by atoms with van der Waals surface area (Å²) in [5.41, 5.74) is 1.31. The predicted molar refractivity (Wildman–Crippen MR) is 120 cm³/mol. The average Bonchev–Trinajstić information content (AvgIpc) is 2.74. The van der Waals surface area contributed by atoms with E-state index >= 15 is 0 Å². The van der Waals surface area contributed by atoms with Crippen LogP contribution in [0.5, 0.6) is 0 Å². The molecule has 0 radical (unpaired) electrons. The van der Waals surface area contributed by atoms with E-state index in [1.165, 1.54) is 0 Å². The van der Waals surface area contributed by atoms with Crippen molar-refractivity contribution in [2.24, 2.45) is 0 Å². The summed E-state index contributed by atoms with van der Waals surface area (Å²) in [5, 5.41) is 5.48. The lowest BCUT2D eigenvalue weighted by Gasteiger charge is -2.37. The molecule has 1 aromatic carbocycles. The minimum atomic E-state index is -4.59. The van der Waals surface area contributed by atoms with Crippen molar-refractivity contribution in [3.8, 4) is 0 Å².